The highest BCUT2D eigenvalue weighted by Crippen LogP contribution is 2.30. The van der Waals surface area contributed by atoms with Crippen LogP contribution < -0.4 is 0 Å². The first-order valence-electron chi connectivity index (χ1n) is 6.52. The predicted octanol–water partition coefficient (Wildman–Crippen LogP) is 4.25. The Hall–Kier alpha value is -2.74. The highest BCUT2D eigenvalue weighted by molar-refractivity contribution is 6.04. The van der Waals surface area contributed by atoms with E-state index in [1.54, 1.807) is 12.4 Å². The second kappa shape index (κ2) is 4.42. The van der Waals surface area contributed by atoms with Gasteiger partial charge in [0.1, 0.15) is 6.20 Å². The zero-order chi connectivity index (χ0) is 13.4. The molecule has 0 fully saturated rings. The van der Waals surface area contributed by atoms with Crippen molar-refractivity contribution in [3.8, 4) is 11.3 Å². The van der Waals surface area contributed by atoms with Crippen LogP contribution in [0.5, 0.6) is 0 Å². The molecule has 0 saturated carbocycles. The van der Waals surface area contributed by atoms with Crippen molar-refractivity contribution in [2.75, 3.05) is 0 Å². The fourth-order valence-corrected chi connectivity index (χ4v) is 2.57. The first-order valence-corrected chi connectivity index (χ1v) is 6.52. The largest absolute Gasteiger partial charge is 0.252 e. The summed E-state index contributed by atoms with van der Waals surface area (Å²) in [4.78, 5) is 8.40. The van der Waals surface area contributed by atoms with Gasteiger partial charge in [0.25, 0.3) is 0 Å². The summed E-state index contributed by atoms with van der Waals surface area (Å²) in [7, 11) is 0. The maximum absolute atomic E-state index is 4.36. The van der Waals surface area contributed by atoms with Crippen molar-refractivity contribution in [2.45, 2.75) is 0 Å². The van der Waals surface area contributed by atoms with Gasteiger partial charge in [-0.15, -0.1) is 0 Å². The molecule has 2 nitrogen and oxygen atoms in total. The quantitative estimate of drug-likeness (QED) is 0.475. The normalized spacial score (nSPS) is 11.0. The maximum Gasteiger partial charge on any atom is 0.117 e. The van der Waals surface area contributed by atoms with Crippen LogP contribution in [0.2, 0.25) is 0 Å². The number of benzene rings is 3. The molecule has 0 aliphatic heterocycles. The van der Waals surface area contributed by atoms with Crippen LogP contribution in [0.1, 0.15) is 0 Å². The fourth-order valence-electron chi connectivity index (χ4n) is 2.57. The van der Waals surface area contributed by atoms with Gasteiger partial charge in [-0.2, -0.15) is 0 Å². The Morgan fingerprint density at radius 3 is 2.35 bits per heavy atom. The van der Waals surface area contributed by atoms with Crippen molar-refractivity contribution in [3.05, 3.63) is 73.2 Å². The molecule has 0 amide bonds. The van der Waals surface area contributed by atoms with Gasteiger partial charge in [-0.1, -0.05) is 42.5 Å². The number of nitrogens with zero attached hydrogens (tertiary/aromatic N) is 2. The minimum atomic E-state index is 0.786. The summed E-state index contributed by atoms with van der Waals surface area (Å²) < 4.78 is 0. The number of aromatic nitrogens is 2. The van der Waals surface area contributed by atoms with E-state index in [0.717, 1.165) is 11.3 Å². The van der Waals surface area contributed by atoms with Crippen LogP contribution in [0, 0.1) is 6.20 Å². The summed E-state index contributed by atoms with van der Waals surface area (Å²) in [6.45, 7) is 0. The van der Waals surface area contributed by atoms with E-state index < -0.39 is 0 Å². The van der Waals surface area contributed by atoms with E-state index in [4.69, 9.17) is 0 Å². The van der Waals surface area contributed by atoms with Crippen molar-refractivity contribution < 1.29 is 0 Å². The predicted molar refractivity (Wildman–Crippen MR) is 81.3 cm³/mol. The van der Waals surface area contributed by atoms with Crippen LogP contribution in [-0.4, -0.2) is 9.97 Å². The van der Waals surface area contributed by atoms with Gasteiger partial charge in [-0.3, -0.25) is 9.97 Å². The molecule has 1 radical (unpaired) electrons. The van der Waals surface area contributed by atoms with Crippen LogP contribution in [0.4, 0.5) is 0 Å². The fraction of sp³-hybridized carbons (Fsp3) is 0. The minimum Gasteiger partial charge on any atom is -0.252 e. The summed E-state index contributed by atoms with van der Waals surface area (Å²) in [5.41, 5.74) is 1.86. The SMILES string of the molecule is [c]1nccnc1-c1cccc2cc3ccccc3cc12. The number of hydrogen-bond donors (Lipinski definition) is 0. The zero-order valence-electron chi connectivity index (χ0n) is 10.7. The van der Waals surface area contributed by atoms with Gasteiger partial charge < -0.3 is 0 Å². The van der Waals surface area contributed by atoms with Gasteiger partial charge in [-0.05, 0) is 33.7 Å². The molecule has 0 atom stereocenters. The molecule has 0 unspecified atom stereocenters. The Morgan fingerprint density at radius 1 is 0.750 bits per heavy atom. The lowest BCUT2D eigenvalue weighted by molar-refractivity contribution is 1.20. The van der Waals surface area contributed by atoms with E-state index in [-0.39, 0.29) is 0 Å². The van der Waals surface area contributed by atoms with Crippen molar-refractivity contribution in [1.82, 2.24) is 9.97 Å². The smallest absolute Gasteiger partial charge is 0.117 e. The highest BCUT2D eigenvalue weighted by atomic mass is 14.8. The molecule has 4 aromatic rings. The third-order valence-corrected chi connectivity index (χ3v) is 3.52. The van der Waals surface area contributed by atoms with Crippen molar-refractivity contribution in [3.63, 3.8) is 0 Å². The van der Waals surface area contributed by atoms with Crippen LogP contribution in [0.25, 0.3) is 32.8 Å². The van der Waals surface area contributed by atoms with E-state index in [9.17, 15) is 0 Å². The summed E-state index contributed by atoms with van der Waals surface area (Å²) >= 11 is 0. The number of fused-ring (bicyclic) bond motifs is 2. The summed E-state index contributed by atoms with van der Waals surface area (Å²) in [5.74, 6) is 0. The van der Waals surface area contributed by atoms with Crippen molar-refractivity contribution in [2.24, 2.45) is 0 Å². The molecular formula is C18H11N2. The molecule has 0 aliphatic carbocycles. The standard InChI is InChI=1S/C18H11N2/c1-2-5-14-11-17-15(10-13(14)4-1)6-3-7-16(17)18-12-19-8-9-20-18/h1-11H. The lowest BCUT2D eigenvalue weighted by Crippen LogP contribution is -1.87. The third-order valence-electron chi connectivity index (χ3n) is 3.52. The van der Waals surface area contributed by atoms with Gasteiger partial charge in [0, 0.05) is 18.0 Å². The van der Waals surface area contributed by atoms with E-state index >= 15 is 0 Å². The van der Waals surface area contributed by atoms with Crippen LogP contribution in [-0.2, 0) is 0 Å². The van der Waals surface area contributed by atoms with Gasteiger partial charge in [0.2, 0.25) is 0 Å². The Labute approximate surface area is 116 Å². The van der Waals surface area contributed by atoms with E-state index in [2.05, 4.69) is 70.8 Å². The molecule has 93 valence electrons. The Balaban J connectivity index is 2.09. The van der Waals surface area contributed by atoms with E-state index in [1.807, 2.05) is 0 Å². The van der Waals surface area contributed by atoms with Crippen LogP contribution >= 0.6 is 0 Å². The third kappa shape index (κ3) is 1.74. The average Bonchev–Trinajstić information content (AvgIpc) is 2.53. The molecule has 3 aromatic carbocycles. The molecule has 1 heterocycles. The van der Waals surface area contributed by atoms with Gasteiger partial charge in [0.05, 0.1) is 5.69 Å². The zero-order valence-corrected chi connectivity index (χ0v) is 10.7. The molecule has 0 aliphatic rings. The Kier molecular flexibility index (Phi) is 2.46. The minimum absolute atomic E-state index is 0.786. The van der Waals surface area contributed by atoms with Crippen molar-refractivity contribution >= 4 is 21.5 Å². The topological polar surface area (TPSA) is 25.8 Å². The highest BCUT2D eigenvalue weighted by Gasteiger charge is 2.06. The molecular weight excluding hydrogens is 244 g/mol. The monoisotopic (exact) mass is 255 g/mol. The first kappa shape index (κ1) is 11.1. The molecule has 4 rings (SSSR count). The molecule has 2 heteroatoms. The van der Waals surface area contributed by atoms with Crippen molar-refractivity contribution in [1.29, 1.82) is 0 Å². The second-order valence-electron chi connectivity index (χ2n) is 4.74. The molecule has 0 bridgehead atoms. The Bertz CT molecular complexity index is 899. The number of rotatable bonds is 1. The van der Waals surface area contributed by atoms with E-state index in [0.29, 0.717) is 0 Å². The molecule has 0 spiro atoms. The molecule has 1 aromatic heterocycles. The average molecular weight is 255 g/mol. The van der Waals surface area contributed by atoms with Gasteiger partial charge >= 0.3 is 0 Å². The van der Waals surface area contributed by atoms with Gasteiger partial charge in [0.15, 0.2) is 0 Å². The molecule has 0 saturated heterocycles. The molecule has 20 heavy (non-hydrogen) atoms. The summed E-state index contributed by atoms with van der Waals surface area (Å²) in [5, 5.41) is 4.87. The second-order valence-corrected chi connectivity index (χ2v) is 4.74. The number of hydrogen-bond acceptors (Lipinski definition) is 2. The van der Waals surface area contributed by atoms with E-state index in [1.165, 1.54) is 21.5 Å². The lowest BCUT2D eigenvalue weighted by atomic mass is 9.98. The van der Waals surface area contributed by atoms with Crippen LogP contribution in [0.15, 0.2) is 67.0 Å². The van der Waals surface area contributed by atoms with Gasteiger partial charge in [-0.25, -0.2) is 0 Å². The lowest BCUT2D eigenvalue weighted by Gasteiger charge is -2.07. The summed E-state index contributed by atoms with van der Waals surface area (Å²) in [6, 6.07) is 19.1. The maximum atomic E-state index is 4.36. The van der Waals surface area contributed by atoms with Crippen LogP contribution in [0.3, 0.4) is 0 Å². The Morgan fingerprint density at radius 2 is 1.55 bits per heavy atom. The summed E-state index contributed by atoms with van der Waals surface area (Å²) in [6.07, 6.45) is 6.31. The molecule has 0 N–H and O–H groups in total. The first-order chi connectivity index (χ1) is 9.92.